The molecular weight excluding hydrogens is 136 g/mol. The van der Waals surface area contributed by atoms with Gasteiger partial charge in [0.1, 0.15) is 6.04 Å². The van der Waals surface area contributed by atoms with Crippen LogP contribution in [-0.4, -0.2) is 43.8 Å². The summed E-state index contributed by atoms with van der Waals surface area (Å²) in [5, 5.41) is 3.49. The van der Waals surface area contributed by atoms with Crippen LogP contribution in [0.2, 0.25) is 0 Å². The van der Waals surface area contributed by atoms with E-state index in [-0.39, 0.29) is 0 Å². The second-order valence-electron chi connectivity index (χ2n) is 4.28. The third-order valence-corrected chi connectivity index (χ3v) is 3.52. The molecule has 0 aromatic rings. The minimum Gasteiger partial charge on any atom is -0.322 e. The van der Waals surface area contributed by atoms with E-state index in [2.05, 4.69) is 12.4 Å². The van der Waals surface area contributed by atoms with Gasteiger partial charge in [0.05, 0.1) is 20.1 Å². The Morgan fingerprint density at radius 3 is 3.00 bits per heavy atom. The Balaban J connectivity index is 2.06. The molecule has 0 aromatic carbocycles. The van der Waals surface area contributed by atoms with E-state index in [1.54, 1.807) is 0 Å². The molecule has 0 spiro atoms. The van der Waals surface area contributed by atoms with E-state index in [9.17, 15) is 0 Å². The highest BCUT2D eigenvalue weighted by molar-refractivity contribution is 4.72. The van der Waals surface area contributed by atoms with Gasteiger partial charge in [-0.05, 0) is 12.8 Å². The quantitative estimate of drug-likeness (QED) is 0.505. The molecule has 2 heterocycles. The van der Waals surface area contributed by atoms with E-state index in [0.717, 1.165) is 6.04 Å². The minimum atomic E-state index is 0.928. The van der Waals surface area contributed by atoms with Crippen molar-refractivity contribution in [3.05, 3.63) is 0 Å². The van der Waals surface area contributed by atoms with Crippen molar-refractivity contribution in [1.29, 1.82) is 0 Å². The lowest BCUT2D eigenvalue weighted by Gasteiger charge is -2.47. The Labute approximate surface area is 69.2 Å². The summed E-state index contributed by atoms with van der Waals surface area (Å²) in [5.41, 5.74) is 0. The number of rotatable bonds is 0. The summed E-state index contributed by atoms with van der Waals surface area (Å²) in [4.78, 5) is 0. The lowest BCUT2D eigenvalue weighted by atomic mass is 9.97. The van der Waals surface area contributed by atoms with Gasteiger partial charge in [-0.2, -0.15) is 0 Å². The SMILES string of the molecule is C[N+]12CCCCC1CNCC2. The summed E-state index contributed by atoms with van der Waals surface area (Å²) in [6.07, 6.45) is 4.36. The molecule has 2 saturated heterocycles. The van der Waals surface area contributed by atoms with E-state index in [1.807, 2.05) is 0 Å². The summed E-state index contributed by atoms with van der Waals surface area (Å²) in [7, 11) is 2.44. The van der Waals surface area contributed by atoms with Crippen molar-refractivity contribution >= 4 is 0 Å². The van der Waals surface area contributed by atoms with Crippen LogP contribution in [0.1, 0.15) is 19.3 Å². The molecule has 1 N–H and O–H groups in total. The first kappa shape index (κ1) is 7.56. The van der Waals surface area contributed by atoms with Crippen molar-refractivity contribution in [2.75, 3.05) is 33.2 Å². The number of likely N-dealkylation sites (N-methyl/N-ethyl adjacent to an activating group) is 1. The molecule has 0 aliphatic carbocycles. The van der Waals surface area contributed by atoms with Gasteiger partial charge in [0.25, 0.3) is 0 Å². The average Bonchev–Trinajstić information content (AvgIpc) is 2.03. The second-order valence-corrected chi connectivity index (χ2v) is 4.28. The van der Waals surface area contributed by atoms with Gasteiger partial charge in [0.15, 0.2) is 0 Å². The zero-order chi connectivity index (χ0) is 7.73. The maximum atomic E-state index is 3.49. The summed E-state index contributed by atoms with van der Waals surface area (Å²) >= 11 is 0. The van der Waals surface area contributed by atoms with Crippen molar-refractivity contribution in [3.63, 3.8) is 0 Å². The zero-order valence-electron chi connectivity index (χ0n) is 7.47. The van der Waals surface area contributed by atoms with Crippen LogP contribution >= 0.6 is 0 Å². The molecular formula is C9H19N2+. The third-order valence-electron chi connectivity index (χ3n) is 3.52. The van der Waals surface area contributed by atoms with Gasteiger partial charge in [-0.15, -0.1) is 0 Å². The molecule has 0 bridgehead atoms. The van der Waals surface area contributed by atoms with E-state index in [0.29, 0.717) is 0 Å². The molecule has 2 nitrogen and oxygen atoms in total. The van der Waals surface area contributed by atoms with Crippen molar-refractivity contribution < 1.29 is 4.48 Å². The van der Waals surface area contributed by atoms with Crippen LogP contribution in [-0.2, 0) is 0 Å². The first-order valence-electron chi connectivity index (χ1n) is 4.86. The summed E-state index contributed by atoms with van der Waals surface area (Å²) in [6, 6.07) is 0.928. The van der Waals surface area contributed by atoms with E-state index in [4.69, 9.17) is 0 Å². The predicted molar refractivity (Wildman–Crippen MR) is 46.4 cm³/mol. The van der Waals surface area contributed by atoms with Crippen LogP contribution in [0.5, 0.6) is 0 Å². The van der Waals surface area contributed by atoms with Crippen molar-refractivity contribution in [2.24, 2.45) is 0 Å². The Kier molecular flexibility index (Phi) is 1.90. The molecule has 11 heavy (non-hydrogen) atoms. The van der Waals surface area contributed by atoms with Crippen molar-refractivity contribution in [2.45, 2.75) is 25.3 Å². The maximum Gasteiger partial charge on any atom is 0.101 e. The summed E-state index contributed by atoms with van der Waals surface area (Å²) in [5.74, 6) is 0. The molecule has 2 unspecified atom stereocenters. The maximum absolute atomic E-state index is 3.49. The molecule has 2 heteroatoms. The number of hydrogen-bond donors (Lipinski definition) is 1. The first-order chi connectivity index (χ1) is 5.31. The van der Waals surface area contributed by atoms with Gasteiger partial charge in [0, 0.05) is 19.5 Å². The summed E-state index contributed by atoms with van der Waals surface area (Å²) < 4.78 is 1.35. The molecule has 2 fully saturated rings. The fourth-order valence-corrected chi connectivity index (χ4v) is 2.57. The van der Waals surface area contributed by atoms with E-state index >= 15 is 0 Å². The standard InChI is InChI=1S/C9H19N2/c1-11-6-3-2-4-9(11)8-10-5-7-11/h9-10H,2-8H2,1H3/q+1. The Bertz CT molecular complexity index is 132. The van der Waals surface area contributed by atoms with Crippen LogP contribution in [0.4, 0.5) is 0 Å². The third kappa shape index (κ3) is 1.30. The fourth-order valence-electron chi connectivity index (χ4n) is 2.57. The van der Waals surface area contributed by atoms with Gasteiger partial charge in [0.2, 0.25) is 0 Å². The van der Waals surface area contributed by atoms with Crippen LogP contribution in [0.3, 0.4) is 0 Å². The van der Waals surface area contributed by atoms with Crippen molar-refractivity contribution in [3.8, 4) is 0 Å². The molecule has 2 aliphatic rings. The van der Waals surface area contributed by atoms with Crippen LogP contribution < -0.4 is 5.32 Å². The highest BCUT2D eigenvalue weighted by Gasteiger charge is 2.36. The van der Waals surface area contributed by atoms with Crippen molar-refractivity contribution in [1.82, 2.24) is 5.32 Å². The van der Waals surface area contributed by atoms with E-state index in [1.165, 1.54) is 49.9 Å². The highest BCUT2D eigenvalue weighted by Crippen LogP contribution is 2.24. The Morgan fingerprint density at radius 2 is 2.18 bits per heavy atom. The Hall–Kier alpha value is -0.0800. The zero-order valence-corrected chi connectivity index (χ0v) is 7.47. The molecule has 2 atom stereocenters. The van der Waals surface area contributed by atoms with Crippen LogP contribution in [0.25, 0.3) is 0 Å². The van der Waals surface area contributed by atoms with Crippen LogP contribution in [0.15, 0.2) is 0 Å². The largest absolute Gasteiger partial charge is 0.322 e. The lowest BCUT2D eigenvalue weighted by molar-refractivity contribution is -0.939. The first-order valence-corrected chi connectivity index (χ1v) is 4.86. The molecule has 64 valence electrons. The monoisotopic (exact) mass is 155 g/mol. The highest BCUT2D eigenvalue weighted by atomic mass is 15.4. The topological polar surface area (TPSA) is 12.0 Å². The molecule has 0 amide bonds. The number of quaternary nitrogens is 1. The van der Waals surface area contributed by atoms with Gasteiger partial charge in [-0.3, -0.25) is 0 Å². The molecule has 0 saturated carbocycles. The number of piperidine rings is 1. The number of nitrogens with zero attached hydrogens (tertiary/aromatic N) is 1. The number of fused-ring (bicyclic) bond motifs is 1. The number of nitrogens with one attached hydrogen (secondary N) is 1. The predicted octanol–water partition coefficient (Wildman–Crippen LogP) is 0.589. The summed E-state index contributed by atoms with van der Waals surface area (Å²) in [6.45, 7) is 5.26. The van der Waals surface area contributed by atoms with E-state index < -0.39 is 0 Å². The van der Waals surface area contributed by atoms with Crippen LogP contribution in [0, 0.1) is 0 Å². The number of hydrogen-bond acceptors (Lipinski definition) is 1. The smallest absolute Gasteiger partial charge is 0.101 e. The average molecular weight is 155 g/mol. The second kappa shape index (κ2) is 2.76. The molecule has 2 aliphatic heterocycles. The van der Waals surface area contributed by atoms with Gasteiger partial charge >= 0.3 is 0 Å². The van der Waals surface area contributed by atoms with Gasteiger partial charge < -0.3 is 9.80 Å². The minimum absolute atomic E-state index is 0.928. The fraction of sp³-hybridized carbons (Fsp3) is 1.00. The normalized spacial score (nSPS) is 45.0. The van der Waals surface area contributed by atoms with Gasteiger partial charge in [-0.25, -0.2) is 0 Å². The molecule has 0 radical (unpaired) electrons. The Morgan fingerprint density at radius 1 is 1.27 bits per heavy atom. The molecule has 2 rings (SSSR count). The number of piperazine rings is 1. The molecule has 0 aromatic heterocycles. The lowest BCUT2D eigenvalue weighted by Crippen LogP contribution is -2.64. The van der Waals surface area contributed by atoms with Gasteiger partial charge in [-0.1, -0.05) is 0 Å².